The fraction of sp³-hybridized carbons (Fsp3) is 0.286. The first-order chi connectivity index (χ1) is 9.33. The third-order valence-electron chi connectivity index (χ3n) is 3.22. The number of benzene rings is 1. The van der Waals surface area contributed by atoms with Gasteiger partial charge < -0.3 is 10.2 Å². The van der Waals surface area contributed by atoms with Gasteiger partial charge in [-0.05, 0) is 50.1 Å². The molecular weight excluding hydrogens is 276 g/mol. The summed E-state index contributed by atoms with van der Waals surface area (Å²) in [5.41, 5.74) is 7.48. The summed E-state index contributed by atoms with van der Waals surface area (Å²) >= 11 is 0. The summed E-state index contributed by atoms with van der Waals surface area (Å²) < 4.78 is 32.9. The third kappa shape index (κ3) is 2.71. The molecule has 2 aromatic rings. The Balaban J connectivity index is 2.39. The van der Waals surface area contributed by atoms with Crippen molar-refractivity contribution in [2.45, 2.75) is 31.7 Å². The maximum atomic E-state index is 12.5. The zero-order valence-electron chi connectivity index (χ0n) is 11.7. The lowest BCUT2D eigenvalue weighted by atomic mass is 10.1. The molecule has 0 saturated carbocycles. The van der Waals surface area contributed by atoms with Crippen LogP contribution >= 0.6 is 0 Å². The highest BCUT2D eigenvalue weighted by Crippen LogP contribution is 2.26. The van der Waals surface area contributed by atoms with Crippen LogP contribution in [0.25, 0.3) is 0 Å². The molecule has 0 amide bonds. The van der Waals surface area contributed by atoms with E-state index in [-0.39, 0.29) is 4.90 Å². The van der Waals surface area contributed by atoms with Crippen molar-refractivity contribution in [3.8, 4) is 0 Å². The molecule has 6 heteroatoms. The standard InChI is InChI=1S/C14H18N2O3S/c1-9-6-7-12(15)10(2)14(9)20(17,18)16-11(3)13-5-4-8-19-13/h4-8,11,16H,15H2,1-3H3. The van der Waals surface area contributed by atoms with Crippen LogP contribution in [0.3, 0.4) is 0 Å². The van der Waals surface area contributed by atoms with Gasteiger partial charge in [0.1, 0.15) is 5.76 Å². The first-order valence-electron chi connectivity index (χ1n) is 6.24. The van der Waals surface area contributed by atoms with Crippen LogP contribution in [-0.4, -0.2) is 8.42 Å². The van der Waals surface area contributed by atoms with Crippen LogP contribution in [0.1, 0.15) is 29.9 Å². The Labute approximate surface area is 118 Å². The van der Waals surface area contributed by atoms with Crippen molar-refractivity contribution in [1.82, 2.24) is 4.72 Å². The zero-order chi connectivity index (χ0) is 14.9. The van der Waals surface area contributed by atoms with Gasteiger partial charge in [-0.3, -0.25) is 0 Å². The number of rotatable bonds is 4. The van der Waals surface area contributed by atoms with Gasteiger partial charge in [-0.15, -0.1) is 0 Å². The molecule has 5 nitrogen and oxygen atoms in total. The van der Waals surface area contributed by atoms with E-state index in [1.165, 1.54) is 6.26 Å². The van der Waals surface area contributed by atoms with Crippen molar-refractivity contribution >= 4 is 15.7 Å². The van der Waals surface area contributed by atoms with E-state index >= 15 is 0 Å². The van der Waals surface area contributed by atoms with Gasteiger partial charge in [0.05, 0.1) is 17.2 Å². The summed E-state index contributed by atoms with van der Waals surface area (Å²) in [6, 6.07) is 6.41. The molecule has 0 bridgehead atoms. The van der Waals surface area contributed by atoms with Gasteiger partial charge >= 0.3 is 0 Å². The maximum absolute atomic E-state index is 12.5. The predicted molar refractivity (Wildman–Crippen MR) is 77.8 cm³/mol. The number of nitrogens with two attached hydrogens (primary N) is 1. The molecule has 108 valence electrons. The fourth-order valence-corrected chi connectivity index (χ4v) is 3.86. The van der Waals surface area contributed by atoms with E-state index in [1.54, 1.807) is 45.0 Å². The van der Waals surface area contributed by atoms with Gasteiger partial charge in [0.15, 0.2) is 0 Å². The van der Waals surface area contributed by atoms with Crippen LogP contribution in [0, 0.1) is 13.8 Å². The molecule has 0 radical (unpaired) electrons. The lowest BCUT2D eigenvalue weighted by molar-refractivity contribution is 0.459. The Kier molecular flexibility index (Phi) is 3.87. The number of hydrogen-bond acceptors (Lipinski definition) is 4. The highest BCUT2D eigenvalue weighted by atomic mass is 32.2. The third-order valence-corrected chi connectivity index (χ3v) is 5.04. The van der Waals surface area contributed by atoms with Gasteiger partial charge in [-0.1, -0.05) is 6.07 Å². The first-order valence-corrected chi connectivity index (χ1v) is 7.72. The van der Waals surface area contributed by atoms with Crippen molar-refractivity contribution < 1.29 is 12.8 Å². The maximum Gasteiger partial charge on any atom is 0.241 e. The van der Waals surface area contributed by atoms with Crippen molar-refractivity contribution in [3.05, 3.63) is 47.4 Å². The second kappa shape index (κ2) is 5.30. The Morgan fingerprint density at radius 3 is 2.55 bits per heavy atom. The summed E-state index contributed by atoms with van der Waals surface area (Å²) in [6.45, 7) is 5.18. The molecule has 0 aliphatic rings. The molecule has 1 aromatic heterocycles. The molecule has 0 aliphatic carbocycles. The second-order valence-corrected chi connectivity index (χ2v) is 6.44. The predicted octanol–water partition coefficient (Wildman–Crippen LogP) is 2.52. The minimum absolute atomic E-state index is 0.232. The molecule has 1 unspecified atom stereocenters. The molecular formula is C14H18N2O3S. The lowest BCUT2D eigenvalue weighted by Gasteiger charge is -2.16. The van der Waals surface area contributed by atoms with E-state index in [0.717, 1.165) is 0 Å². The van der Waals surface area contributed by atoms with E-state index in [4.69, 9.17) is 10.2 Å². The number of nitrogens with one attached hydrogen (secondary N) is 1. The SMILES string of the molecule is Cc1ccc(N)c(C)c1S(=O)(=O)NC(C)c1ccco1. The molecule has 2 rings (SSSR count). The number of furan rings is 1. The van der Waals surface area contributed by atoms with Crippen molar-refractivity contribution in [3.63, 3.8) is 0 Å². The number of hydrogen-bond donors (Lipinski definition) is 2. The van der Waals surface area contributed by atoms with Crippen LogP contribution in [0.2, 0.25) is 0 Å². The van der Waals surface area contributed by atoms with Gasteiger partial charge in [0.25, 0.3) is 0 Å². The quantitative estimate of drug-likeness (QED) is 0.848. The number of nitrogen functional groups attached to an aromatic ring is 1. The van der Waals surface area contributed by atoms with E-state index in [0.29, 0.717) is 22.6 Å². The zero-order valence-corrected chi connectivity index (χ0v) is 12.5. The van der Waals surface area contributed by atoms with Gasteiger partial charge in [-0.25, -0.2) is 13.1 Å². The molecule has 0 aliphatic heterocycles. The largest absolute Gasteiger partial charge is 0.468 e. The van der Waals surface area contributed by atoms with Gasteiger partial charge in [0.2, 0.25) is 10.0 Å². The molecule has 1 aromatic carbocycles. The second-order valence-electron chi connectivity index (χ2n) is 4.78. The van der Waals surface area contributed by atoms with Crippen molar-refractivity contribution in [2.24, 2.45) is 0 Å². The minimum atomic E-state index is -3.66. The van der Waals surface area contributed by atoms with E-state index in [2.05, 4.69) is 4.72 Å². The van der Waals surface area contributed by atoms with E-state index in [9.17, 15) is 8.42 Å². The average molecular weight is 294 g/mol. The van der Waals surface area contributed by atoms with Crippen LogP contribution in [0.4, 0.5) is 5.69 Å². The van der Waals surface area contributed by atoms with Gasteiger partial charge in [0, 0.05) is 5.69 Å². The lowest BCUT2D eigenvalue weighted by Crippen LogP contribution is -2.28. The number of sulfonamides is 1. The Hall–Kier alpha value is -1.79. The Morgan fingerprint density at radius 2 is 1.95 bits per heavy atom. The summed E-state index contributed by atoms with van der Waals surface area (Å²) in [5, 5.41) is 0. The Bertz CT molecular complexity index is 706. The summed E-state index contributed by atoms with van der Waals surface area (Å²) in [5.74, 6) is 0.563. The number of aryl methyl sites for hydroxylation is 1. The first kappa shape index (κ1) is 14.6. The monoisotopic (exact) mass is 294 g/mol. The smallest absolute Gasteiger partial charge is 0.241 e. The summed E-state index contributed by atoms with van der Waals surface area (Å²) in [4.78, 5) is 0.232. The molecule has 0 spiro atoms. The van der Waals surface area contributed by atoms with Crippen LogP contribution < -0.4 is 10.5 Å². The van der Waals surface area contributed by atoms with Crippen molar-refractivity contribution in [2.75, 3.05) is 5.73 Å². The molecule has 3 N–H and O–H groups in total. The topological polar surface area (TPSA) is 85.3 Å². The number of anilines is 1. The normalized spacial score (nSPS) is 13.3. The van der Waals surface area contributed by atoms with E-state index in [1.807, 2.05) is 0 Å². The fourth-order valence-electron chi connectivity index (χ4n) is 2.14. The molecule has 1 atom stereocenters. The Morgan fingerprint density at radius 1 is 1.25 bits per heavy atom. The van der Waals surface area contributed by atoms with Gasteiger partial charge in [-0.2, -0.15) is 0 Å². The van der Waals surface area contributed by atoms with Crippen LogP contribution in [0.5, 0.6) is 0 Å². The molecule has 20 heavy (non-hydrogen) atoms. The average Bonchev–Trinajstić information content (AvgIpc) is 2.87. The minimum Gasteiger partial charge on any atom is -0.468 e. The highest BCUT2D eigenvalue weighted by Gasteiger charge is 2.24. The summed E-state index contributed by atoms with van der Waals surface area (Å²) in [7, 11) is -3.66. The van der Waals surface area contributed by atoms with Crippen LogP contribution in [-0.2, 0) is 10.0 Å². The molecule has 1 heterocycles. The molecule has 0 saturated heterocycles. The van der Waals surface area contributed by atoms with Crippen molar-refractivity contribution in [1.29, 1.82) is 0 Å². The van der Waals surface area contributed by atoms with Crippen LogP contribution in [0.15, 0.2) is 39.8 Å². The molecule has 0 fully saturated rings. The highest BCUT2D eigenvalue weighted by molar-refractivity contribution is 7.89. The van der Waals surface area contributed by atoms with E-state index < -0.39 is 16.1 Å². The summed E-state index contributed by atoms with van der Waals surface area (Å²) in [6.07, 6.45) is 1.51.